The minimum Gasteiger partial charge on any atom is -0.384 e. The normalized spacial score (nSPS) is 16.3. The summed E-state index contributed by atoms with van der Waals surface area (Å²) < 4.78 is 7.19. The number of benzene rings is 1. The van der Waals surface area contributed by atoms with Gasteiger partial charge in [0, 0.05) is 19.1 Å². The summed E-state index contributed by atoms with van der Waals surface area (Å²) in [5.41, 5.74) is 3.76. The summed E-state index contributed by atoms with van der Waals surface area (Å²) in [6.07, 6.45) is 2.24. The molecule has 2 aromatic rings. The van der Waals surface area contributed by atoms with Crippen LogP contribution in [-0.2, 0) is 16.0 Å². The van der Waals surface area contributed by atoms with E-state index in [-0.39, 0.29) is 17.7 Å². The number of nitrogens with one attached hydrogen (secondary N) is 2. The Morgan fingerprint density at radius 1 is 1.26 bits per heavy atom. The molecule has 0 atom stereocenters. The third-order valence-electron chi connectivity index (χ3n) is 5.37. The summed E-state index contributed by atoms with van der Waals surface area (Å²) in [7, 11) is 1.72. The number of rotatable bonds is 7. The SMILES string of the molecule is COCC1(CNC(=O)Cc2nnn(-c3ccc(C)cc3)c2C)CCNCC1. The molecular weight excluding hydrogens is 342 g/mol. The molecule has 0 saturated carbocycles. The second-order valence-electron chi connectivity index (χ2n) is 7.51. The fraction of sp³-hybridized carbons (Fsp3) is 0.550. The van der Waals surface area contributed by atoms with Gasteiger partial charge in [-0.1, -0.05) is 22.9 Å². The molecule has 2 N–H and O–H groups in total. The molecule has 7 heteroatoms. The van der Waals surface area contributed by atoms with Crippen molar-refractivity contribution in [3.8, 4) is 5.69 Å². The van der Waals surface area contributed by atoms with Crippen LogP contribution in [0.4, 0.5) is 0 Å². The van der Waals surface area contributed by atoms with E-state index in [1.54, 1.807) is 11.8 Å². The zero-order valence-electron chi connectivity index (χ0n) is 16.4. The fourth-order valence-electron chi connectivity index (χ4n) is 3.59. The zero-order chi connectivity index (χ0) is 19.3. The first-order valence-electron chi connectivity index (χ1n) is 9.48. The molecule has 1 aromatic carbocycles. The molecule has 7 nitrogen and oxygen atoms in total. The molecule has 27 heavy (non-hydrogen) atoms. The largest absolute Gasteiger partial charge is 0.384 e. The average Bonchev–Trinajstić information content (AvgIpc) is 3.02. The quantitative estimate of drug-likeness (QED) is 0.772. The highest BCUT2D eigenvalue weighted by Crippen LogP contribution is 2.28. The van der Waals surface area contributed by atoms with Crippen LogP contribution in [-0.4, -0.2) is 54.3 Å². The number of nitrogens with zero attached hydrogens (tertiary/aromatic N) is 3. The summed E-state index contributed by atoms with van der Waals surface area (Å²) in [6.45, 7) is 7.21. The highest BCUT2D eigenvalue weighted by Gasteiger charge is 2.32. The van der Waals surface area contributed by atoms with Crippen molar-refractivity contribution >= 4 is 5.91 Å². The minimum atomic E-state index is -0.0249. The van der Waals surface area contributed by atoms with Crippen LogP contribution >= 0.6 is 0 Å². The van der Waals surface area contributed by atoms with Gasteiger partial charge in [0.15, 0.2) is 0 Å². The molecule has 146 valence electrons. The van der Waals surface area contributed by atoms with Crippen molar-refractivity contribution in [2.75, 3.05) is 33.4 Å². The van der Waals surface area contributed by atoms with Gasteiger partial charge in [0.1, 0.15) is 0 Å². The van der Waals surface area contributed by atoms with Gasteiger partial charge in [-0.15, -0.1) is 5.10 Å². The van der Waals surface area contributed by atoms with E-state index < -0.39 is 0 Å². The van der Waals surface area contributed by atoms with Crippen LogP contribution in [0.1, 0.15) is 29.8 Å². The summed E-state index contributed by atoms with van der Waals surface area (Å²) in [5.74, 6) is -0.0249. The van der Waals surface area contributed by atoms with Crippen LogP contribution in [0.25, 0.3) is 5.69 Å². The Kier molecular flexibility index (Phi) is 6.23. The van der Waals surface area contributed by atoms with E-state index in [1.165, 1.54) is 5.56 Å². The number of amides is 1. The number of methoxy groups -OCH3 is 1. The molecule has 1 aliphatic heterocycles. The molecule has 1 aromatic heterocycles. The highest BCUT2D eigenvalue weighted by molar-refractivity contribution is 5.78. The first-order valence-corrected chi connectivity index (χ1v) is 9.48. The first-order chi connectivity index (χ1) is 13.0. The maximum atomic E-state index is 12.5. The molecular formula is C20H29N5O2. The molecule has 1 saturated heterocycles. The van der Waals surface area contributed by atoms with Gasteiger partial charge in [0.25, 0.3) is 0 Å². The van der Waals surface area contributed by atoms with Crippen LogP contribution in [0.3, 0.4) is 0 Å². The van der Waals surface area contributed by atoms with Gasteiger partial charge in [-0.3, -0.25) is 4.79 Å². The predicted octanol–water partition coefficient (Wildman–Crippen LogP) is 1.56. The van der Waals surface area contributed by atoms with Gasteiger partial charge in [0.05, 0.1) is 30.1 Å². The minimum absolute atomic E-state index is 0.0181. The van der Waals surface area contributed by atoms with E-state index in [4.69, 9.17) is 4.74 Å². The number of carbonyl (C=O) groups excluding carboxylic acids is 1. The molecule has 2 heterocycles. The van der Waals surface area contributed by atoms with Crippen LogP contribution in [0.15, 0.2) is 24.3 Å². The van der Waals surface area contributed by atoms with Gasteiger partial charge in [-0.25, -0.2) is 4.68 Å². The predicted molar refractivity (Wildman–Crippen MR) is 104 cm³/mol. The lowest BCUT2D eigenvalue weighted by Crippen LogP contribution is -2.47. The first kappa shape index (κ1) is 19.5. The van der Waals surface area contributed by atoms with E-state index in [0.29, 0.717) is 18.8 Å². The Balaban J connectivity index is 1.62. The molecule has 3 rings (SSSR count). The van der Waals surface area contributed by atoms with Gasteiger partial charge in [0.2, 0.25) is 5.91 Å². The topological polar surface area (TPSA) is 81.1 Å². The lowest BCUT2D eigenvalue weighted by Gasteiger charge is -2.37. The van der Waals surface area contributed by atoms with Crippen molar-refractivity contribution in [2.24, 2.45) is 5.41 Å². The monoisotopic (exact) mass is 371 g/mol. The maximum absolute atomic E-state index is 12.5. The van der Waals surface area contributed by atoms with Crippen molar-refractivity contribution in [1.82, 2.24) is 25.6 Å². The summed E-state index contributed by atoms with van der Waals surface area (Å²) in [4.78, 5) is 12.5. The molecule has 1 aliphatic rings. The van der Waals surface area contributed by atoms with E-state index >= 15 is 0 Å². The van der Waals surface area contributed by atoms with Crippen molar-refractivity contribution < 1.29 is 9.53 Å². The molecule has 1 fully saturated rings. The van der Waals surface area contributed by atoms with Crippen molar-refractivity contribution in [3.63, 3.8) is 0 Å². The second kappa shape index (κ2) is 8.63. The summed E-state index contributed by atoms with van der Waals surface area (Å²) in [5, 5.41) is 14.9. The number of aryl methyl sites for hydroxylation is 1. The van der Waals surface area contributed by atoms with E-state index in [2.05, 4.69) is 20.9 Å². The summed E-state index contributed by atoms with van der Waals surface area (Å²) in [6, 6.07) is 8.09. The molecule has 0 spiro atoms. The molecule has 1 amide bonds. The molecule has 0 unspecified atom stereocenters. The van der Waals surface area contributed by atoms with Gasteiger partial charge in [-0.05, 0) is 51.9 Å². The van der Waals surface area contributed by atoms with Crippen LogP contribution in [0.5, 0.6) is 0 Å². The Hall–Kier alpha value is -2.25. The Labute approximate surface area is 160 Å². The van der Waals surface area contributed by atoms with Crippen molar-refractivity contribution in [1.29, 1.82) is 0 Å². The third-order valence-corrected chi connectivity index (χ3v) is 5.37. The Morgan fingerprint density at radius 2 is 1.96 bits per heavy atom. The zero-order valence-corrected chi connectivity index (χ0v) is 16.4. The standard InChI is InChI=1S/C20H29N5O2/c1-15-4-6-17(7-5-15)25-16(2)18(23-24-25)12-19(26)22-13-20(14-27-3)8-10-21-11-9-20/h4-7,21H,8-14H2,1-3H3,(H,22,26). The van der Waals surface area contributed by atoms with Gasteiger partial charge in [-0.2, -0.15) is 0 Å². The van der Waals surface area contributed by atoms with Crippen LogP contribution < -0.4 is 10.6 Å². The number of carbonyl (C=O) groups is 1. The number of hydrogen-bond donors (Lipinski definition) is 2. The lowest BCUT2D eigenvalue weighted by molar-refractivity contribution is -0.121. The number of hydrogen-bond acceptors (Lipinski definition) is 5. The van der Waals surface area contributed by atoms with E-state index in [0.717, 1.165) is 37.3 Å². The highest BCUT2D eigenvalue weighted by atomic mass is 16.5. The molecule has 0 bridgehead atoms. The third kappa shape index (κ3) is 4.73. The average molecular weight is 371 g/mol. The fourth-order valence-corrected chi connectivity index (χ4v) is 3.59. The maximum Gasteiger partial charge on any atom is 0.226 e. The Morgan fingerprint density at radius 3 is 2.63 bits per heavy atom. The molecule has 0 aliphatic carbocycles. The van der Waals surface area contributed by atoms with E-state index in [1.807, 2.05) is 38.1 Å². The smallest absolute Gasteiger partial charge is 0.226 e. The lowest BCUT2D eigenvalue weighted by atomic mass is 9.79. The van der Waals surface area contributed by atoms with Gasteiger partial charge >= 0.3 is 0 Å². The van der Waals surface area contributed by atoms with Crippen molar-refractivity contribution in [3.05, 3.63) is 41.2 Å². The van der Waals surface area contributed by atoms with E-state index in [9.17, 15) is 4.79 Å². The summed E-state index contributed by atoms with van der Waals surface area (Å²) >= 11 is 0. The van der Waals surface area contributed by atoms with Crippen molar-refractivity contribution in [2.45, 2.75) is 33.1 Å². The number of aromatic nitrogens is 3. The molecule has 0 radical (unpaired) electrons. The Bertz CT molecular complexity index is 758. The number of ether oxygens (including phenoxy) is 1. The van der Waals surface area contributed by atoms with Crippen LogP contribution in [0.2, 0.25) is 0 Å². The van der Waals surface area contributed by atoms with Gasteiger partial charge < -0.3 is 15.4 Å². The second-order valence-corrected chi connectivity index (χ2v) is 7.51. The van der Waals surface area contributed by atoms with Crippen LogP contribution in [0, 0.1) is 19.3 Å². The number of piperidine rings is 1.